The number of aryl methyl sites for hydroxylation is 1. The molecular weight excluding hydrogens is 368 g/mol. The lowest BCUT2D eigenvalue weighted by molar-refractivity contribution is 0.190. The topological polar surface area (TPSA) is 42.3 Å². The van der Waals surface area contributed by atoms with Crippen LogP contribution in [-0.2, 0) is 16.4 Å². The Morgan fingerprint density at radius 1 is 1.07 bits per heavy atom. The van der Waals surface area contributed by atoms with Gasteiger partial charge in [-0.05, 0) is 56.1 Å². The lowest BCUT2D eigenvalue weighted by Crippen LogP contribution is -2.45. The Bertz CT molecular complexity index is 1210. The molecule has 0 saturated carbocycles. The molecule has 0 N–H and O–H groups in total. The Hall–Kier alpha value is -2.37. The normalized spacial score (nSPS) is 22.4. The molecular formula is C23H24N2O2S. The van der Waals surface area contributed by atoms with Gasteiger partial charge in [-0.1, -0.05) is 42.0 Å². The van der Waals surface area contributed by atoms with Gasteiger partial charge in [0.05, 0.1) is 10.4 Å². The molecule has 2 aliphatic rings. The summed E-state index contributed by atoms with van der Waals surface area (Å²) < 4.78 is 28.3. The predicted molar refractivity (Wildman–Crippen MR) is 112 cm³/mol. The highest BCUT2D eigenvalue weighted by Gasteiger charge is 2.38. The summed E-state index contributed by atoms with van der Waals surface area (Å²) in [5.74, 6) is 0.375. The molecule has 2 aromatic carbocycles. The van der Waals surface area contributed by atoms with Crippen LogP contribution in [0.15, 0.2) is 65.7 Å². The van der Waals surface area contributed by atoms with Gasteiger partial charge in [-0.15, -0.1) is 0 Å². The second-order valence-corrected chi connectivity index (χ2v) is 10.1. The summed E-state index contributed by atoms with van der Waals surface area (Å²) in [6, 6.07) is 13.5. The first-order valence-corrected chi connectivity index (χ1v) is 11.1. The maximum Gasteiger partial charge on any atom is 0.268 e. The smallest absolute Gasteiger partial charge is 0.268 e. The van der Waals surface area contributed by atoms with Crippen molar-refractivity contribution in [2.24, 2.45) is 0 Å². The molecule has 2 atom stereocenters. The monoisotopic (exact) mass is 392 g/mol. The fraction of sp³-hybridized carbons (Fsp3) is 0.304. The molecule has 1 fully saturated rings. The van der Waals surface area contributed by atoms with Crippen molar-refractivity contribution < 1.29 is 8.42 Å². The molecule has 2 heterocycles. The van der Waals surface area contributed by atoms with Gasteiger partial charge in [0, 0.05) is 30.1 Å². The van der Waals surface area contributed by atoms with E-state index in [4.69, 9.17) is 0 Å². The van der Waals surface area contributed by atoms with Gasteiger partial charge in [-0.25, -0.2) is 12.4 Å². The molecule has 28 heavy (non-hydrogen) atoms. The summed E-state index contributed by atoms with van der Waals surface area (Å²) in [4.78, 5) is 2.69. The number of likely N-dealkylation sites (N-methyl/N-ethyl adjacent to an activating group) is 1. The van der Waals surface area contributed by atoms with Crippen molar-refractivity contribution in [1.82, 2.24) is 8.87 Å². The number of aromatic nitrogens is 1. The highest BCUT2D eigenvalue weighted by molar-refractivity contribution is 7.90. The van der Waals surface area contributed by atoms with Gasteiger partial charge in [0.2, 0.25) is 0 Å². The number of nitrogens with zero attached hydrogens (tertiary/aromatic N) is 2. The van der Waals surface area contributed by atoms with Gasteiger partial charge in [-0.3, -0.25) is 4.90 Å². The molecule has 3 aromatic rings. The average Bonchev–Trinajstić information content (AvgIpc) is 3.04. The average molecular weight is 393 g/mol. The zero-order valence-electron chi connectivity index (χ0n) is 16.2. The van der Waals surface area contributed by atoms with Crippen molar-refractivity contribution in [3.05, 3.63) is 77.5 Å². The Kier molecular flexibility index (Phi) is 3.83. The van der Waals surface area contributed by atoms with Crippen LogP contribution >= 0.6 is 0 Å². The van der Waals surface area contributed by atoms with Crippen LogP contribution in [0.25, 0.3) is 10.9 Å². The van der Waals surface area contributed by atoms with E-state index in [9.17, 15) is 8.42 Å². The van der Waals surface area contributed by atoms with Gasteiger partial charge < -0.3 is 0 Å². The van der Waals surface area contributed by atoms with Crippen LogP contribution in [0.2, 0.25) is 0 Å². The van der Waals surface area contributed by atoms with Crippen LogP contribution < -0.4 is 0 Å². The van der Waals surface area contributed by atoms with Crippen LogP contribution in [0.5, 0.6) is 0 Å². The quantitative estimate of drug-likeness (QED) is 0.617. The van der Waals surface area contributed by atoms with E-state index in [2.05, 4.69) is 24.6 Å². The molecule has 144 valence electrons. The van der Waals surface area contributed by atoms with E-state index in [1.54, 1.807) is 12.1 Å². The molecule has 1 saturated heterocycles. The van der Waals surface area contributed by atoms with Crippen LogP contribution in [0.1, 0.15) is 29.0 Å². The highest BCUT2D eigenvalue weighted by atomic mass is 32.2. The summed E-state index contributed by atoms with van der Waals surface area (Å²) in [6.45, 7) is 7.09. The van der Waals surface area contributed by atoms with E-state index in [-0.39, 0.29) is 0 Å². The zero-order chi connectivity index (χ0) is 19.6. The van der Waals surface area contributed by atoms with E-state index in [1.165, 1.54) is 15.1 Å². The highest BCUT2D eigenvalue weighted by Crippen LogP contribution is 2.45. The first-order chi connectivity index (χ1) is 13.4. The Labute approximate surface area is 166 Å². The molecule has 5 rings (SSSR count). The first-order valence-electron chi connectivity index (χ1n) is 9.68. The largest absolute Gasteiger partial charge is 0.299 e. The fourth-order valence-corrected chi connectivity index (χ4v) is 6.37. The number of hydrogen-bond acceptors (Lipinski definition) is 3. The number of piperidine rings is 1. The summed E-state index contributed by atoms with van der Waals surface area (Å²) in [7, 11) is -1.49. The Morgan fingerprint density at radius 3 is 2.57 bits per heavy atom. The number of likely N-dealkylation sites (tertiary alicyclic amines) is 1. The second-order valence-electron chi connectivity index (χ2n) is 8.26. The van der Waals surface area contributed by atoms with Crippen LogP contribution in [-0.4, -0.2) is 36.9 Å². The van der Waals surface area contributed by atoms with Crippen LogP contribution in [0.3, 0.4) is 0 Å². The minimum absolute atomic E-state index is 0.328. The molecule has 1 aliphatic heterocycles. The van der Waals surface area contributed by atoms with Crippen LogP contribution in [0.4, 0.5) is 0 Å². The molecule has 0 bridgehead atoms. The van der Waals surface area contributed by atoms with Crippen molar-refractivity contribution in [1.29, 1.82) is 0 Å². The van der Waals surface area contributed by atoms with Gasteiger partial charge in [-0.2, -0.15) is 0 Å². The van der Waals surface area contributed by atoms with E-state index in [0.717, 1.165) is 41.4 Å². The minimum Gasteiger partial charge on any atom is -0.299 e. The maximum absolute atomic E-state index is 13.4. The standard InChI is InChI=1S/C23H24N2O2S/c1-15-7-9-18(10-8-15)28(26,27)25-14-17-12-22-20(11-16(2)13-24(22)3)19-5-4-6-21(25)23(17)19/h4-10,14,20,22H,2,11-13H2,1,3H3/t20-,22+/m0/s1. The predicted octanol–water partition coefficient (Wildman–Crippen LogP) is 4.09. The number of benzene rings is 2. The third-order valence-corrected chi connectivity index (χ3v) is 8.01. The van der Waals surface area contributed by atoms with Crippen molar-refractivity contribution >= 4 is 20.9 Å². The number of hydrogen-bond donors (Lipinski definition) is 0. The summed E-state index contributed by atoms with van der Waals surface area (Å²) >= 11 is 0. The summed E-state index contributed by atoms with van der Waals surface area (Å²) in [5, 5.41) is 1.11. The SMILES string of the molecule is C=C1C[C@H]2c3cccc4c3c(cn4S(=O)(=O)c3ccc(C)cc3)C[C@H]2N(C)C1. The molecule has 5 heteroatoms. The van der Waals surface area contributed by atoms with Crippen molar-refractivity contribution in [3.8, 4) is 0 Å². The fourth-order valence-electron chi connectivity index (χ4n) is 4.98. The van der Waals surface area contributed by atoms with Gasteiger partial charge >= 0.3 is 0 Å². The van der Waals surface area contributed by atoms with Crippen molar-refractivity contribution in [2.75, 3.05) is 13.6 Å². The third-order valence-electron chi connectivity index (χ3n) is 6.32. The molecule has 0 unspecified atom stereocenters. The number of fused-ring (bicyclic) bond motifs is 2. The van der Waals surface area contributed by atoms with E-state index < -0.39 is 10.0 Å². The van der Waals surface area contributed by atoms with Gasteiger partial charge in [0.15, 0.2) is 0 Å². The van der Waals surface area contributed by atoms with Gasteiger partial charge in [0.25, 0.3) is 10.0 Å². The molecule has 0 spiro atoms. The van der Waals surface area contributed by atoms with E-state index in [1.807, 2.05) is 37.4 Å². The summed E-state index contributed by atoms with van der Waals surface area (Å²) in [5.41, 5.74) is 5.46. The minimum atomic E-state index is -3.63. The van der Waals surface area contributed by atoms with Crippen molar-refractivity contribution in [2.45, 2.75) is 36.6 Å². The third kappa shape index (κ3) is 2.50. The lowest BCUT2D eigenvalue weighted by atomic mass is 9.74. The number of rotatable bonds is 2. The zero-order valence-corrected chi connectivity index (χ0v) is 17.0. The second kappa shape index (κ2) is 6.06. The molecule has 0 amide bonds. The Morgan fingerprint density at radius 2 is 1.82 bits per heavy atom. The summed E-state index contributed by atoms with van der Waals surface area (Å²) in [6.07, 6.45) is 3.69. The first kappa shape index (κ1) is 17.7. The van der Waals surface area contributed by atoms with Crippen LogP contribution in [0, 0.1) is 6.92 Å². The molecule has 4 nitrogen and oxygen atoms in total. The van der Waals surface area contributed by atoms with Crippen molar-refractivity contribution in [3.63, 3.8) is 0 Å². The molecule has 1 aliphatic carbocycles. The molecule has 0 radical (unpaired) electrons. The molecule has 1 aromatic heterocycles. The lowest BCUT2D eigenvalue weighted by Gasteiger charge is -2.43. The Balaban J connectivity index is 1.71. The maximum atomic E-state index is 13.4. The van der Waals surface area contributed by atoms with E-state index >= 15 is 0 Å². The van der Waals surface area contributed by atoms with E-state index in [0.29, 0.717) is 16.9 Å². The van der Waals surface area contributed by atoms with Gasteiger partial charge in [0.1, 0.15) is 0 Å².